The van der Waals surface area contributed by atoms with Gasteiger partial charge in [0.15, 0.2) is 11.6 Å². The number of amides is 3. The molecule has 0 saturated carbocycles. The van der Waals surface area contributed by atoms with Gasteiger partial charge in [0.05, 0.1) is 13.7 Å². The van der Waals surface area contributed by atoms with Crippen LogP contribution in [0, 0.1) is 5.82 Å². The van der Waals surface area contributed by atoms with Crippen molar-refractivity contribution in [2.45, 2.75) is 19.0 Å². The second-order valence-electron chi connectivity index (χ2n) is 5.78. The number of nitrogens with zero attached hydrogens (tertiary/aromatic N) is 1. The quantitative estimate of drug-likeness (QED) is 0.878. The highest BCUT2D eigenvalue weighted by atomic mass is 19.1. The standard InChI is InChI=1S/C18H17FN2O3/c1-18(13-6-4-3-5-7-13)16(22)21(17(23)20-18)11-12-8-9-15(24-2)14(19)10-12/h3-10H,11H2,1-2H3,(H,20,23)/t18-/m1/s1. The summed E-state index contributed by atoms with van der Waals surface area (Å²) in [4.78, 5) is 26.1. The highest BCUT2D eigenvalue weighted by molar-refractivity contribution is 6.07. The smallest absolute Gasteiger partial charge is 0.325 e. The SMILES string of the molecule is COc1ccc(CN2C(=O)N[C@](C)(c3ccccc3)C2=O)cc1F. The van der Waals surface area contributed by atoms with Gasteiger partial charge in [-0.2, -0.15) is 0 Å². The maximum absolute atomic E-state index is 13.8. The van der Waals surface area contributed by atoms with Gasteiger partial charge in [-0.15, -0.1) is 0 Å². The lowest BCUT2D eigenvalue weighted by atomic mass is 9.92. The molecule has 124 valence electrons. The molecule has 0 unspecified atom stereocenters. The Kier molecular flexibility index (Phi) is 3.97. The molecule has 1 fully saturated rings. The molecule has 1 saturated heterocycles. The minimum absolute atomic E-state index is 0.00595. The number of nitrogens with one attached hydrogen (secondary N) is 1. The first-order chi connectivity index (χ1) is 11.5. The molecule has 1 aliphatic rings. The Bertz CT molecular complexity index is 794. The molecule has 0 bridgehead atoms. The van der Waals surface area contributed by atoms with Gasteiger partial charge < -0.3 is 10.1 Å². The van der Waals surface area contributed by atoms with Crippen LogP contribution in [0.25, 0.3) is 0 Å². The zero-order chi connectivity index (χ0) is 17.3. The normalized spacial score (nSPS) is 20.2. The van der Waals surface area contributed by atoms with Crippen molar-refractivity contribution in [1.29, 1.82) is 0 Å². The molecule has 2 aromatic carbocycles. The number of methoxy groups -OCH3 is 1. The number of halogens is 1. The van der Waals surface area contributed by atoms with E-state index in [-0.39, 0.29) is 18.2 Å². The highest BCUT2D eigenvalue weighted by Gasteiger charge is 2.48. The summed E-state index contributed by atoms with van der Waals surface area (Å²) < 4.78 is 18.7. The third kappa shape index (κ3) is 2.60. The van der Waals surface area contributed by atoms with Crippen LogP contribution in [-0.2, 0) is 16.9 Å². The Morgan fingerprint density at radius 2 is 1.88 bits per heavy atom. The van der Waals surface area contributed by atoms with Gasteiger partial charge in [-0.1, -0.05) is 36.4 Å². The molecular weight excluding hydrogens is 311 g/mol. The third-order valence-electron chi connectivity index (χ3n) is 4.18. The largest absolute Gasteiger partial charge is 0.494 e. The maximum atomic E-state index is 13.8. The van der Waals surface area contributed by atoms with Gasteiger partial charge in [-0.25, -0.2) is 9.18 Å². The summed E-state index contributed by atoms with van der Waals surface area (Å²) in [6, 6.07) is 12.9. The van der Waals surface area contributed by atoms with Crippen molar-refractivity contribution in [3.8, 4) is 5.75 Å². The summed E-state index contributed by atoms with van der Waals surface area (Å²) in [7, 11) is 1.38. The average molecular weight is 328 g/mol. The van der Waals surface area contributed by atoms with Gasteiger partial charge in [-0.3, -0.25) is 9.69 Å². The number of imide groups is 1. The van der Waals surface area contributed by atoms with Crippen molar-refractivity contribution < 1.29 is 18.7 Å². The van der Waals surface area contributed by atoms with E-state index in [9.17, 15) is 14.0 Å². The number of carbonyl (C=O) groups is 2. The van der Waals surface area contributed by atoms with Gasteiger partial charge in [0.1, 0.15) is 5.54 Å². The first-order valence-corrected chi connectivity index (χ1v) is 7.48. The minimum atomic E-state index is -1.12. The van der Waals surface area contributed by atoms with Crippen molar-refractivity contribution in [2.24, 2.45) is 0 Å². The molecule has 5 nitrogen and oxygen atoms in total. The van der Waals surface area contributed by atoms with Crippen LogP contribution in [0.1, 0.15) is 18.1 Å². The average Bonchev–Trinajstić information content (AvgIpc) is 2.80. The lowest BCUT2D eigenvalue weighted by molar-refractivity contribution is -0.131. The summed E-state index contributed by atoms with van der Waals surface area (Å²) in [5.74, 6) is -0.784. The van der Waals surface area contributed by atoms with E-state index >= 15 is 0 Å². The van der Waals surface area contributed by atoms with E-state index in [4.69, 9.17) is 4.74 Å². The molecule has 1 N–H and O–H groups in total. The monoisotopic (exact) mass is 328 g/mol. The summed E-state index contributed by atoms with van der Waals surface area (Å²) in [6.45, 7) is 1.66. The van der Waals surface area contributed by atoms with Crippen LogP contribution in [0.3, 0.4) is 0 Å². The van der Waals surface area contributed by atoms with Crippen LogP contribution >= 0.6 is 0 Å². The number of benzene rings is 2. The second-order valence-corrected chi connectivity index (χ2v) is 5.78. The van der Waals surface area contributed by atoms with Crippen LogP contribution in [-0.4, -0.2) is 23.9 Å². The number of hydrogen-bond donors (Lipinski definition) is 1. The number of ether oxygens (including phenoxy) is 1. The Hall–Kier alpha value is -2.89. The zero-order valence-corrected chi connectivity index (χ0v) is 13.4. The molecule has 3 rings (SSSR count). The van der Waals surface area contributed by atoms with Gasteiger partial charge in [-0.05, 0) is 30.2 Å². The lowest BCUT2D eigenvalue weighted by Crippen LogP contribution is -2.40. The second kappa shape index (κ2) is 5.96. The van der Waals surface area contributed by atoms with Crippen molar-refractivity contribution in [3.05, 3.63) is 65.5 Å². The molecule has 3 amide bonds. The first kappa shape index (κ1) is 16.0. The predicted octanol–water partition coefficient (Wildman–Crippen LogP) is 2.80. The molecule has 0 radical (unpaired) electrons. The fraction of sp³-hybridized carbons (Fsp3) is 0.222. The molecule has 6 heteroatoms. The van der Waals surface area contributed by atoms with Crippen molar-refractivity contribution in [2.75, 3.05) is 7.11 Å². The van der Waals surface area contributed by atoms with E-state index in [0.29, 0.717) is 11.1 Å². The molecule has 0 spiro atoms. The van der Waals surface area contributed by atoms with Gasteiger partial charge >= 0.3 is 6.03 Å². The molecule has 1 aliphatic heterocycles. The van der Waals surface area contributed by atoms with E-state index in [0.717, 1.165) is 4.90 Å². The van der Waals surface area contributed by atoms with Crippen LogP contribution < -0.4 is 10.1 Å². The molecular formula is C18H17FN2O3. The maximum Gasteiger partial charge on any atom is 0.325 e. The Labute approximate surface area is 139 Å². The Morgan fingerprint density at radius 1 is 1.17 bits per heavy atom. The number of hydrogen-bond acceptors (Lipinski definition) is 3. The van der Waals surface area contributed by atoms with Crippen molar-refractivity contribution in [1.82, 2.24) is 10.2 Å². The zero-order valence-electron chi connectivity index (χ0n) is 13.4. The Morgan fingerprint density at radius 3 is 2.50 bits per heavy atom. The summed E-state index contributed by atoms with van der Waals surface area (Å²) >= 11 is 0. The fourth-order valence-electron chi connectivity index (χ4n) is 2.80. The fourth-order valence-corrected chi connectivity index (χ4v) is 2.80. The molecule has 0 aromatic heterocycles. The Balaban J connectivity index is 1.86. The van der Waals surface area contributed by atoms with Crippen LogP contribution in [0.2, 0.25) is 0 Å². The minimum Gasteiger partial charge on any atom is -0.494 e. The van der Waals surface area contributed by atoms with Crippen LogP contribution in [0.5, 0.6) is 5.75 Å². The number of carbonyl (C=O) groups excluding carboxylic acids is 2. The predicted molar refractivity (Wildman–Crippen MR) is 85.8 cm³/mol. The highest BCUT2D eigenvalue weighted by Crippen LogP contribution is 2.30. The van der Waals surface area contributed by atoms with E-state index in [1.54, 1.807) is 25.1 Å². The van der Waals surface area contributed by atoms with E-state index in [2.05, 4.69) is 5.32 Å². The lowest BCUT2D eigenvalue weighted by Gasteiger charge is -2.22. The van der Waals surface area contributed by atoms with Crippen molar-refractivity contribution >= 4 is 11.9 Å². The van der Waals surface area contributed by atoms with E-state index in [1.807, 2.05) is 18.2 Å². The van der Waals surface area contributed by atoms with E-state index < -0.39 is 17.4 Å². The number of urea groups is 1. The van der Waals surface area contributed by atoms with Crippen LogP contribution in [0.4, 0.5) is 9.18 Å². The molecule has 24 heavy (non-hydrogen) atoms. The summed E-state index contributed by atoms with van der Waals surface area (Å²) in [5, 5.41) is 2.72. The van der Waals surface area contributed by atoms with Gasteiger partial charge in [0, 0.05) is 0 Å². The van der Waals surface area contributed by atoms with E-state index in [1.165, 1.54) is 19.2 Å². The van der Waals surface area contributed by atoms with Gasteiger partial charge in [0.2, 0.25) is 0 Å². The van der Waals surface area contributed by atoms with Gasteiger partial charge in [0.25, 0.3) is 5.91 Å². The first-order valence-electron chi connectivity index (χ1n) is 7.48. The molecule has 1 atom stereocenters. The van der Waals surface area contributed by atoms with Crippen molar-refractivity contribution in [3.63, 3.8) is 0 Å². The molecule has 0 aliphatic carbocycles. The third-order valence-corrected chi connectivity index (χ3v) is 4.18. The topological polar surface area (TPSA) is 58.6 Å². The molecule has 2 aromatic rings. The number of rotatable bonds is 4. The summed E-state index contributed by atoms with van der Waals surface area (Å²) in [6.07, 6.45) is 0. The molecule has 1 heterocycles. The summed E-state index contributed by atoms with van der Waals surface area (Å²) in [5.41, 5.74) is 0.0875. The van der Waals surface area contributed by atoms with Crippen LogP contribution in [0.15, 0.2) is 48.5 Å².